The summed E-state index contributed by atoms with van der Waals surface area (Å²) in [7, 11) is 0. The van der Waals surface area contributed by atoms with Gasteiger partial charge >= 0.3 is 0 Å². The largest absolute Gasteiger partial charge is 0.396 e. The fraction of sp³-hybridized carbons (Fsp3) is 0.389. The number of hydrogen-bond donors (Lipinski definition) is 2. The van der Waals surface area contributed by atoms with Gasteiger partial charge in [0.1, 0.15) is 5.82 Å². The molecule has 0 saturated carbocycles. The first kappa shape index (κ1) is 16.4. The molecule has 0 aliphatic carbocycles. The average Bonchev–Trinajstić information content (AvgIpc) is 3.00. The Morgan fingerprint density at radius 2 is 1.83 bits per heavy atom. The standard InChI is InChI=1S/C18H23N5O/c1-18(2,3)17-21-20-16-10-9-15(22-23(16)17)19-11-14(12-24)13-7-5-4-6-8-13/h4-10,14,24H,11-12H2,1-3H3,(H,19,22). The molecule has 2 N–H and O–H groups in total. The normalized spacial score (nSPS) is 13.2. The quantitative estimate of drug-likeness (QED) is 0.754. The van der Waals surface area contributed by atoms with Crippen LogP contribution in [0, 0.1) is 0 Å². The van der Waals surface area contributed by atoms with Crippen molar-refractivity contribution in [3.8, 4) is 0 Å². The molecule has 1 unspecified atom stereocenters. The molecule has 0 aliphatic rings. The lowest BCUT2D eigenvalue weighted by molar-refractivity contribution is 0.270. The molecule has 2 heterocycles. The van der Waals surface area contributed by atoms with Crippen LogP contribution in [0.4, 0.5) is 5.82 Å². The minimum Gasteiger partial charge on any atom is -0.396 e. The third kappa shape index (κ3) is 3.38. The smallest absolute Gasteiger partial charge is 0.178 e. The van der Waals surface area contributed by atoms with E-state index in [9.17, 15) is 5.11 Å². The molecule has 2 aromatic heterocycles. The first-order valence-corrected chi connectivity index (χ1v) is 8.11. The van der Waals surface area contributed by atoms with Crippen LogP contribution in [0.25, 0.3) is 5.65 Å². The number of nitrogens with zero attached hydrogens (tertiary/aromatic N) is 4. The van der Waals surface area contributed by atoms with Crippen molar-refractivity contribution in [2.45, 2.75) is 32.1 Å². The molecule has 126 valence electrons. The fourth-order valence-electron chi connectivity index (χ4n) is 2.59. The van der Waals surface area contributed by atoms with Crippen molar-refractivity contribution in [3.63, 3.8) is 0 Å². The van der Waals surface area contributed by atoms with Crippen LogP contribution in [-0.4, -0.2) is 38.1 Å². The van der Waals surface area contributed by atoms with Crippen LogP contribution in [0.3, 0.4) is 0 Å². The molecule has 1 aromatic carbocycles. The van der Waals surface area contributed by atoms with Gasteiger partial charge in [-0.05, 0) is 17.7 Å². The number of fused-ring (bicyclic) bond motifs is 1. The van der Waals surface area contributed by atoms with Gasteiger partial charge in [0, 0.05) is 17.9 Å². The molecule has 3 rings (SSSR count). The minimum atomic E-state index is -0.136. The van der Waals surface area contributed by atoms with Gasteiger partial charge in [0.15, 0.2) is 11.5 Å². The molecular formula is C18H23N5O. The molecule has 1 atom stereocenters. The van der Waals surface area contributed by atoms with E-state index in [4.69, 9.17) is 0 Å². The minimum absolute atomic E-state index is 0.0201. The van der Waals surface area contributed by atoms with Crippen LogP contribution in [0.2, 0.25) is 0 Å². The van der Waals surface area contributed by atoms with E-state index >= 15 is 0 Å². The Labute approximate surface area is 141 Å². The summed E-state index contributed by atoms with van der Waals surface area (Å²) in [6, 6.07) is 13.8. The van der Waals surface area contributed by atoms with Gasteiger partial charge in [0.05, 0.1) is 6.61 Å². The first-order chi connectivity index (χ1) is 11.5. The summed E-state index contributed by atoms with van der Waals surface area (Å²) < 4.78 is 1.78. The molecule has 0 bridgehead atoms. The van der Waals surface area contributed by atoms with E-state index in [2.05, 4.69) is 41.4 Å². The Balaban J connectivity index is 1.80. The van der Waals surface area contributed by atoms with Crippen LogP contribution in [-0.2, 0) is 5.41 Å². The molecule has 0 spiro atoms. The highest BCUT2D eigenvalue weighted by atomic mass is 16.3. The zero-order chi connectivity index (χ0) is 17.2. The topological polar surface area (TPSA) is 75.3 Å². The predicted octanol–water partition coefficient (Wildman–Crippen LogP) is 2.61. The highest BCUT2D eigenvalue weighted by Crippen LogP contribution is 2.21. The molecule has 6 nitrogen and oxygen atoms in total. The molecule has 0 saturated heterocycles. The van der Waals surface area contributed by atoms with Gasteiger partial charge < -0.3 is 10.4 Å². The van der Waals surface area contributed by atoms with Gasteiger partial charge in [-0.25, -0.2) is 0 Å². The van der Waals surface area contributed by atoms with E-state index < -0.39 is 0 Å². The van der Waals surface area contributed by atoms with Gasteiger partial charge in [-0.2, -0.15) is 4.52 Å². The van der Waals surface area contributed by atoms with Gasteiger partial charge in [-0.1, -0.05) is 51.1 Å². The van der Waals surface area contributed by atoms with Crippen molar-refractivity contribution in [2.24, 2.45) is 0 Å². The highest BCUT2D eigenvalue weighted by molar-refractivity contribution is 5.44. The number of aromatic nitrogens is 4. The summed E-state index contributed by atoms with van der Waals surface area (Å²) in [4.78, 5) is 0. The number of hydrogen-bond acceptors (Lipinski definition) is 5. The van der Waals surface area contributed by atoms with Crippen LogP contribution in [0.5, 0.6) is 0 Å². The lowest BCUT2D eigenvalue weighted by Gasteiger charge is -2.17. The van der Waals surface area contributed by atoms with E-state index in [1.807, 2.05) is 42.5 Å². The fourth-order valence-corrected chi connectivity index (χ4v) is 2.59. The van der Waals surface area contributed by atoms with Gasteiger partial charge in [0.25, 0.3) is 0 Å². The van der Waals surface area contributed by atoms with Crippen molar-refractivity contribution in [1.29, 1.82) is 0 Å². The molecule has 3 aromatic rings. The highest BCUT2D eigenvalue weighted by Gasteiger charge is 2.22. The van der Waals surface area contributed by atoms with E-state index in [1.165, 1.54) is 0 Å². The van der Waals surface area contributed by atoms with Crippen molar-refractivity contribution >= 4 is 11.5 Å². The molecule has 0 fully saturated rings. The van der Waals surface area contributed by atoms with Gasteiger partial charge in [-0.3, -0.25) is 0 Å². The first-order valence-electron chi connectivity index (χ1n) is 8.11. The van der Waals surface area contributed by atoms with E-state index in [0.29, 0.717) is 6.54 Å². The van der Waals surface area contributed by atoms with Crippen LogP contribution in [0.1, 0.15) is 38.1 Å². The monoisotopic (exact) mass is 325 g/mol. The second kappa shape index (κ2) is 6.57. The number of aliphatic hydroxyl groups is 1. The lowest BCUT2D eigenvalue weighted by atomic mass is 9.96. The van der Waals surface area contributed by atoms with Crippen molar-refractivity contribution in [3.05, 3.63) is 53.9 Å². The predicted molar refractivity (Wildman–Crippen MR) is 94.2 cm³/mol. The van der Waals surface area contributed by atoms with E-state index in [1.54, 1.807) is 4.52 Å². The second-order valence-corrected chi connectivity index (χ2v) is 6.93. The second-order valence-electron chi connectivity index (χ2n) is 6.93. The van der Waals surface area contributed by atoms with Crippen LogP contribution < -0.4 is 5.32 Å². The molecule has 24 heavy (non-hydrogen) atoms. The van der Waals surface area contributed by atoms with Crippen LogP contribution >= 0.6 is 0 Å². The average molecular weight is 325 g/mol. The van der Waals surface area contributed by atoms with Gasteiger partial charge in [-0.15, -0.1) is 15.3 Å². The number of benzene rings is 1. The molecule has 0 radical (unpaired) electrons. The Morgan fingerprint density at radius 1 is 1.08 bits per heavy atom. The van der Waals surface area contributed by atoms with E-state index in [0.717, 1.165) is 22.9 Å². The number of rotatable bonds is 5. The summed E-state index contributed by atoms with van der Waals surface area (Å²) in [5, 5.41) is 26.0. The Hall–Kier alpha value is -2.47. The molecular weight excluding hydrogens is 302 g/mol. The summed E-state index contributed by atoms with van der Waals surface area (Å²) in [5.41, 5.74) is 1.70. The number of nitrogens with one attached hydrogen (secondary N) is 1. The maximum Gasteiger partial charge on any atom is 0.178 e. The molecule has 6 heteroatoms. The zero-order valence-corrected chi connectivity index (χ0v) is 14.3. The SMILES string of the molecule is CC(C)(C)c1nnc2ccc(NCC(CO)c3ccccc3)nn12. The molecule has 0 amide bonds. The Kier molecular flexibility index (Phi) is 4.49. The number of aliphatic hydroxyl groups excluding tert-OH is 1. The summed E-state index contributed by atoms with van der Waals surface area (Å²) >= 11 is 0. The zero-order valence-electron chi connectivity index (χ0n) is 14.3. The Morgan fingerprint density at radius 3 is 2.50 bits per heavy atom. The third-order valence-corrected chi connectivity index (χ3v) is 3.95. The summed E-state index contributed by atoms with van der Waals surface area (Å²) in [5.74, 6) is 1.58. The maximum atomic E-state index is 9.66. The van der Waals surface area contributed by atoms with Crippen molar-refractivity contribution in [2.75, 3.05) is 18.5 Å². The van der Waals surface area contributed by atoms with E-state index in [-0.39, 0.29) is 17.9 Å². The van der Waals surface area contributed by atoms with Gasteiger partial charge in [0.2, 0.25) is 0 Å². The van der Waals surface area contributed by atoms with Crippen LogP contribution in [0.15, 0.2) is 42.5 Å². The number of anilines is 1. The lowest BCUT2D eigenvalue weighted by Crippen LogP contribution is -2.19. The maximum absolute atomic E-state index is 9.66. The summed E-state index contributed by atoms with van der Waals surface area (Å²) in [6.45, 7) is 6.94. The van der Waals surface area contributed by atoms with Crippen molar-refractivity contribution in [1.82, 2.24) is 19.8 Å². The third-order valence-electron chi connectivity index (χ3n) is 3.95. The molecule has 0 aliphatic heterocycles. The van der Waals surface area contributed by atoms with Crippen molar-refractivity contribution < 1.29 is 5.11 Å². The summed E-state index contributed by atoms with van der Waals surface area (Å²) in [6.07, 6.45) is 0. The Bertz CT molecular complexity index is 807.